The van der Waals surface area contributed by atoms with Crippen LogP contribution in [0.1, 0.15) is 55.8 Å². The molecule has 196 valence electrons. The molecular formula is C27H30FN3O6. The van der Waals surface area contributed by atoms with Crippen LogP contribution < -0.4 is 5.73 Å². The number of carboxylic acids is 1. The fourth-order valence-corrected chi connectivity index (χ4v) is 4.84. The van der Waals surface area contributed by atoms with E-state index in [0.717, 1.165) is 27.8 Å². The number of aliphatic carboxylic acids is 1. The molecule has 4 rings (SSSR count). The van der Waals surface area contributed by atoms with Crippen molar-refractivity contribution in [1.29, 1.82) is 5.41 Å². The fourth-order valence-electron chi connectivity index (χ4n) is 4.84. The van der Waals surface area contributed by atoms with Crippen LogP contribution in [0.3, 0.4) is 0 Å². The van der Waals surface area contributed by atoms with Crippen molar-refractivity contribution in [3.8, 4) is 5.69 Å². The number of aliphatic hydroxyl groups is 1. The van der Waals surface area contributed by atoms with Gasteiger partial charge in [-0.1, -0.05) is 13.8 Å². The van der Waals surface area contributed by atoms with Crippen LogP contribution in [0.25, 0.3) is 16.6 Å². The Morgan fingerprint density at radius 2 is 1.97 bits per heavy atom. The molecule has 1 aliphatic rings. The minimum atomic E-state index is -1.24. The maximum Gasteiger partial charge on any atom is 0.333 e. The number of nitrogen functional groups attached to an aromatic ring is 1. The van der Waals surface area contributed by atoms with Crippen molar-refractivity contribution in [3.63, 3.8) is 0 Å². The molecule has 2 heterocycles. The molecule has 0 spiro atoms. The van der Waals surface area contributed by atoms with E-state index in [1.807, 2.05) is 18.4 Å². The van der Waals surface area contributed by atoms with Crippen LogP contribution in [0.2, 0.25) is 0 Å². The molecular weight excluding hydrogens is 481 g/mol. The average molecular weight is 512 g/mol. The van der Waals surface area contributed by atoms with Gasteiger partial charge in [0.25, 0.3) is 0 Å². The first-order valence-corrected chi connectivity index (χ1v) is 12.1. The lowest BCUT2D eigenvalue weighted by Gasteiger charge is -2.30. The fraction of sp³-hybridized carbons (Fsp3) is 0.370. The topological polar surface area (TPSA) is 148 Å². The van der Waals surface area contributed by atoms with Gasteiger partial charge in [0.2, 0.25) is 6.29 Å². The highest BCUT2D eigenvalue weighted by Crippen LogP contribution is 2.37. The second kappa shape index (κ2) is 10.7. The number of fused-ring (bicyclic) bond motifs is 1. The molecule has 1 aromatic heterocycles. The van der Waals surface area contributed by atoms with E-state index in [0.29, 0.717) is 11.3 Å². The predicted molar refractivity (Wildman–Crippen MR) is 136 cm³/mol. The van der Waals surface area contributed by atoms with Crippen LogP contribution in [-0.2, 0) is 25.5 Å². The summed E-state index contributed by atoms with van der Waals surface area (Å²) in [6.07, 6.45) is -1.96. The second-order valence-electron chi connectivity index (χ2n) is 9.48. The van der Waals surface area contributed by atoms with Crippen LogP contribution >= 0.6 is 0 Å². The van der Waals surface area contributed by atoms with Crippen LogP contribution in [0.15, 0.2) is 36.4 Å². The van der Waals surface area contributed by atoms with Gasteiger partial charge in [0.05, 0.1) is 11.6 Å². The summed E-state index contributed by atoms with van der Waals surface area (Å²) < 4.78 is 26.3. The zero-order valence-corrected chi connectivity index (χ0v) is 20.6. The van der Waals surface area contributed by atoms with E-state index in [2.05, 4.69) is 0 Å². The summed E-state index contributed by atoms with van der Waals surface area (Å²) >= 11 is 0. The molecule has 0 saturated carbocycles. The van der Waals surface area contributed by atoms with Crippen molar-refractivity contribution in [2.24, 2.45) is 0 Å². The smallest absolute Gasteiger partial charge is 0.333 e. The van der Waals surface area contributed by atoms with Crippen molar-refractivity contribution < 1.29 is 33.7 Å². The number of esters is 1. The molecule has 0 bridgehead atoms. The minimum absolute atomic E-state index is 0.000423. The zero-order valence-electron chi connectivity index (χ0n) is 20.6. The predicted octanol–water partition coefficient (Wildman–Crippen LogP) is 3.90. The Balaban J connectivity index is 1.68. The quantitative estimate of drug-likeness (QED) is 0.204. The Morgan fingerprint density at radius 1 is 1.27 bits per heavy atom. The summed E-state index contributed by atoms with van der Waals surface area (Å²) in [5.41, 5.74) is 10.4. The summed E-state index contributed by atoms with van der Waals surface area (Å²) in [7, 11) is 0. The van der Waals surface area contributed by atoms with Gasteiger partial charge < -0.3 is 35.4 Å². The van der Waals surface area contributed by atoms with Gasteiger partial charge in [0.1, 0.15) is 5.82 Å². The standard InChI is InChI=1S/C27H30FN3O6/c1-14(2)26-19(7-8-24(33)37-25-11-18(32)10-23(36-25)27(34)35)20-12-21(30)15(13-29)9-22(20)31(26)17-5-3-16(28)4-6-17/h3-6,9,12-14,18,23,25,29,32H,7-8,10-11,30H2,1-2H3,(H,34,35)/t18?,23-,25?/m1/s1. The lowest BCUT2D eigenvalue weighted by atomic mass is 9.98. The molecule has 0 radical (unpaired) electrons. The van der Waals surface area contributed by atoms with Crippen molar-refractivity contribution in [2.45, 2.75) is 63.9 Å². The SMILES string of the molecule is CC(C)c1c(CCC(=O)OC2CC(O)C[C@H](C(=O)O)O2)c2cc(N)c(C=N)cc2n1-c1ccc(F)cc1. The van der Waals surface area contributed by atoms with E-state index >= 15 is 0 Å². The Labute approximate surface area is 213 Å². The highest BCUT2D eigenvalue weighted by molar-refractivity contribution is 5.98. The van der Waals surface area contributed by atoms with Crippen LogP contribution in [0.4, 0.5) is 10.1 Å². The summed E-state index contributed by atoms with van der Waals surface area (Å²) in [6, 6.07) is 9.67. The van der Waals surface area contributed by atoms with Gasteiger partial charge in [-0.3, -0.25) is 4.79 Å². The molecule has 0 amide bonds. The second-order valence-corrected chi connectivity index (χ2v) is 9.48. The van der Waals surface area contributed by atoms with Gasteiger partial charge in [-0.25, -0.2) is 9.18 Å². The van der Waals surface area contributed by atoms with E-state index < -0.39 is 30.4 Å². The maximum absolute atomic E-state index is 13.7. The first kappa shape index (κ1) is 26.3. The molecule has 2 aromatic carbocycles. The number of aryl methyl sites for hydroxylation is 1. The van der Waals surface area contributed by atoms with Crippen molar-refractivity contribution in [2.75, 3.05) is 5.73 Å². The van der Waals surface area contributed by atoms with E-state index in [9.17, 15) is 24.2 Å². The van der Waals surface area contributed by atoms with Crippen LogP contribution in [-0.4, -0.2) is 51.4 Å². The van der Waals surface area contributed by atoms with Crippen LogP contribution in [0, 0.1) is 11.2 Å². The molecule has 3 atom stereocenters. The first-order valence-electron chi connectivity index (χ1n) is 12.1. The summed E-state index contributed by atoms with van der Waals surface area (Å²) in [5.74, 6) is -2.17. The van der Waals surface area contributed by atoms with Crippen molar-refractivity contribution in [3.05, 3.63) is 59.0 Å². The average Bonchev–Trinajstić information content (AvgIpc) is 3.15. The molecule has 1 aliphatic heterocycles. The Bertz CT molecular complexity index is 1330. The molecule has 1 fully saturated rings. The summed E-state index contributed by atoms with van der Waals surface area (Å²) in [5, 5.41) is 27.7. The molecule has 5 N–H and O–H groups in total. The van der Waals surface area contributed by atoms with Crippen LogP contribution in [0.5, 0.6) is 0 Å². The normalized spacial score (nSPS) is 19.8. The van der Waals surface area contributed by atoms with Gasteiger partial charge in [-0.2, -0.15) is 0 Å². The molecule has 37 heavy (non-hydrogen) atoms. The number of carboxylic acid groups (broad SMARTS) is 1. The number of halogens is 1. The third-order valence-corrected chi connectivity index (χ3v) is 6.49. The number of nitrogens with zero attached hydrogens (tertiary/aromatic N) is 1. The van der Waals surface area contributed by atoms with E-state index in [-0.39, 0.29) is 37.4 Å². The Morgan fingerprint density at radius 3 is 2.59 bits per heavy atom. The number of ether oxygens (including phenoxy) is 2. The monoisotopic (exact) mass is 511 g/mol. The maximum atomic E-state index is 13.7. The molecule has 2 unspecified atom stereocenters. The number of nitrogens with two attached hydrogens (primary N) is 1. The minimum Gasteiger partial charge on any atom is -0.479 e. The van der Waals surface area contributed by atoms with Crippen molar-refractivity contribution in [1.82, 2.24) is 4.57 Å². The highest BCUT2D eigenvalue weighted by atomic mass is 19.1. The summed E-state index contributed by atoms with van der Waals surface area (Å²) in [4.78, 5) is 24.0. The van der Waals surface area contributed by atoms with Gasteiger partial charge in [0, 0.05) is 53.5 Å². The Kier molecular flexibility index (Phi) is 7.60. The number of aliphatic hydroxyl groups excluding tert-OH is 1. The lowest BCUT2D eigenvalue weighted by Crippen LogP contribution is -2.42. The van der Waals surface area contributed by atoms with Gasteiger partial charge in [-0.05, 0) is 54.3 Å². The van der Waals surface area contributed by atoms with E-state index in [1.165, 1.54) is 18.3 Å². The largest absolute Gasteiger partial charge is 0.479 e. The van der Waals surface area contributed by atoms with Gasteiger partial charge in [-0.15, -0.1) is 0 Å². The number of nitrogens with one attached hydrogen (secondary N) is 1. The van der Waals surface area contributed by atoms with Gasteiger partial charge in [0.15, 0.2) is 6.10 Å². The molecule has 9 nitrogen and oxygen atoms in total. The number of aromatic nitrogens is 1. The third kappa shape index (κ3) is 5.50. The van der Waals surface area contributed by atoms with E-state index in [4.69, 9.17) is 20.6 Å². The van der Waals surface area contributed by atoms with E-state index in [1.54, 1.807) is 24.3 Å². The number of carbonyl (C=O) groups excluding carboxylic acids is 1. The highest BCUT2D eigenvalue weighted by Gasteiger charge is 2.35. The number of anilines is 1. The number of hydrogen-bond donors (Lipinski definition) is 4. The third-order valence-electron chi connectivity index (χ3n) is 6.49. The number of rotatable bonds is 8. The summed E-state index contributed by atoms with van der Waals surface area (Å²) in [6.45, 7) is 4.03. The number of carbonyl (C=O) groups is 2. The molecule has 0 aliphatic carbocycles. The van der Waals surface area contributed by atoms with Gasteiger partial charge >= 0.3 is 11.9 Å². The Hall–Kier alpha value is -3.76. The molecule has 10 heteroatoms. The number of benzene rings is 2. The zero-order chi connectivity index (χ0) is 26.9. The molecule has 1 saturated heterocycles. The lowest BCUT2D eigenvalue weighted by molar-refractivity contribution is -0.222. The first-order chi connectivity index (χ1) is 17.6. The molecule has 3 aromatic rings. The number of hydrogen-bond acceptors (Lipinski definition) is 7. The van der Waals surface area contributed by atoms with Crippen molar-refractivity contribution >= 4 is 34.7 Å².